The third-order valence-corrected chi connectivity index (χ3v) is 5.04. The lowest BCUT2D eigenvalue weighted by molar-refractivity contribution is 0.551. The van der Waals surface area contributed by atoms with Crippen molar-refractivity contribution in [2.45, 2.75) is 24.1 Å². The number of sulfonamides is 1. The molecule has 0 heterocycles. The van der Waals surface area contributed by atoms with Crippen molar-refractivity contribution in [3.05, 3.63) is 71.8 Å². The molecule has 1 N–H and O–H groups in total. The van der Waals surface area contributed by atoms with Crippen molar-refractivity contribution in [1.82, 2.24) is 4.72 Å². The zero-order chi connectivity index (χ0) is 14.1. The Kier molecular flexibility index (Phi) is 3.36. The summed E-state index contributed by atoms with van der Waals surface area (Å²) >= 11 is 0. The molecule has 4 heteroatoms. The minimum Gasteiger partial charge on any atom is -0.212 e. The molecule has 1 fully saturated rings. The summed E-state index contributed by atoms with van der Waals surface area (Å²) in [6, 6.07) is 19.1. The first-order valence-electron chi connectivity index (χ1n) is 6.71. The number of hydrogen-bond donors (Lipinski definition) is 1. The normalized spacial score (nSPS) is 16.8. The van der Waals surface area contributed by atoms with Crippen molar-refractivity contribution in [2.75, 3.05) is 0 Å². The van der Waals surface area contributed by atoms with Crippen molar-refractivity contribution < 1.29 is 8.42 Å². The van der Waals surface area contributed by atoms with E-state index in [1.165, 1.54) is 0 Å². The van der Waals surface area contributed by atoms with Crippen LogP contribution in [-0.2, 0) is 21.3 Å². The predicted octanol–water partition coefficient (Wildman–Crippen LogP) is 2.80. The van der Waals surface area contributed by atoms with Crippen LogP contribution in [0.5, 0.6) is 0 Å². The van der Waals surface area contributed by atoms with E-state index in [1.54, 1.807) is 0 Å². The average molecular weight is 287 g/mol. The van der Waals surface area contributed by atoms with Gasteiger partial charge in [-0.1, -0.05) is 60.7 Å². The zero-order valence-electron chi connectivity index (χ0n) is 11.1. The van der Waals surface area contributed by atoms with E-state index in [4.69, 9.17) is 0 Å². The van der Waals surface area contributed by atoms with Gasteiger partial charge in [0.1, 0.15) is 0 Å². The second kappa shape index (κ2) is 5.04. The van der Waals surface area contributed by atoms with E-state index in [0.29, 0.717) is 0 Å². The van der Waals surface area contributed by atoms with Crippen molar-refractivity contribution in [3.8, 4) is 0 Å². The summed E-state index contributed by atoms with van der Waals surface area (Å²) in [5.74, 6) is 0.0302. The number of benzene rings is 2. The summed E-state index contributed by atoms with van der Waals surface area (Å²) in [5.41, 5.74) is 1.48. The Morgan fingerprint density at radius 1 is 0.900 bits per heavy atom. The van der Waals surface area contributed by atoms with Crippen LogP contribution in [-0.4, -0.2) is 8.42 Å². The molecule has 0 amide bonds. The molecule has 0 radical (unpaired) electrons. The summed E-state index contributed by atoms with van der Waals surface area (Å²) in [6.07, 6.45) is 1.73. The van der Waals surface area contributed by atoms with Crippen molar-refractivity contribution in [1.29, 1.82) is 0 Å². The molecule has 0 unspecified atom stereocenters. The topological polar surface area (TPSA) is 46.2 Å². The Hall–Kier alpha value is -1.65. The average Bonchev–Trinajstić information content (AvgIpc) is 3.20. The molecular formula is C16H17NO2S. The van der Waals surface area contributed by atoms with Crippen LogP contribution in [0.15, 0.2) is 60.7 Å². The molecule has 20 heavy (non-hydrogen) atoms. The highest BCUT2D eigenvalue weighted by Gasteiger charge is 2.47. The van der Waals surface area contributed by atoms with Gasteiger partial charge in [0.2, 0.25) is 10.0 Å². The van der Waals surface area contributed by atoms with Gasteiger partial charge in [-0.2, -0.15) is 0 Å². The Morgan fingerprint density at radius 3 is 2.00 bits per heavy atom. The lowest BCUT2D eigenvalue weighted by atomic mass is 10.1. The third kappa shape index (κ3) is 2.92. The fourth-order valence-corrected chi connectivity index (χ4v) is 4.08. The van der Waals surface area contributed by atoms with Crippen LogP contribution in [0.25, 0.3) is 0 Å². The van der Waals surface area contributed by atoms with E-state index in [2.05, 4.69) is 4.72 Å². The van der Waals surface area contributed by atoms with E-state index < -0.39 is 10.0 Å². The molecule has 0 spiro atoms. The fourth-order valence-electron chi connectivity index (χ4n) is 2.46. The highest BCUT2D eigenvalue weighted by atomic mass is 32.2. The van der Waals surface area contributed by atoms with Crippen LogP contribution < -0.4 is 4.72 Å². The van der Waals surface area contributed by atoms with Crippen LogP contribution in [0, 0.1) is 0 Å². The maximum absolute atomic E-state index is 12.3. The van der Waals surface area contributed by atoms with E-state index in [1.807, 2.05) is 60.7 Å². The van der Waals surface area contributed by atoms with Crippen molar-refractivity contribution >= 4 is 10.0 Å². The van der Waals surface area contributed by atoms with Gasteiger partial charge in [-0.15, -0.1) is 0 Å². The van der Waals surface area contributed by atoms with Crippen LogP contribution in [0.4, 0.5) is 0 Å². The summed E-state index contributed by atoms with van der Waals surface area (Å²) < 4.78 is 27.5. The predicted molar refractivity (Wildman–Crippen MR) is 79.6 cm³/mol. The summed E-state index contributed by atoms with van der Waals surface area (Å²) in [5, 5.41) is 0. The molecule has 1 saturated carbocycles. The molecule has 104 valence electrons. The zero-order valence-corrected chi connectivity index (χ0v) is 11.9. The van der Waals surface area contributed by atoms with Crippen LogP contribution in [0.1, 0.15) is 24.0 Å². The highest BCUT2D eigenvalue weighted by molar-refractivity contribution is 7.88. The summed E-state index contributed by atoms with van der Waals surface area (Å²) in [6.45, 7) is 0. The van der Waals surface area contributed by atoms with Gasteiger partial charge in [-0.25, -0.2) is 13.1 Å². The first-order valence-corrected chi connectivity index (χ1v) is 8.36. The maximum Gasteiger partial charge on any atom is 0.216 e. The first kappa shape index (κ1) is 13.3. The maximum atomic E-state index is 12.3. The van der Waals surface area contributed by atoms with Gasteiger partial charge < -0.3 is 0 Å². The number of nitrogens with one attached hydrogen (secondary N) is 1. The molecule has 0 aliphatic heterocycles. The molecule has 3 nitrogen and oxygen atoms in total. The van der Waals surface area contributed by atoms with E-state index in [9.17, 15) is 8.42 Å². The smallest absolute Gasteiger partial charge is 0.212 e. The van der Waals surface area contributed by atoms with Crippen molar-refractivity contribution in [3.63, 3.8) is 0 Å². The number of rotatable bonds is 5. The third-order valence-electron chi connectivity index (χ3n) is 3.63. The summed E-state index contributed by atoms with van der Waals surface area (Å²) in [7, 11) is -3.33. The van der Waals surface area contributed by atoms with Gasteiger partial charge in [0.25, 0.3) is 0 Å². The Labute approximate surface area is 119 Å². The van der Waals surface area contributed by atoms with Crippen molar-refractivity contribution in [2.24, 2.45) is 0 Å². The standard InChI is InChI=1S/C16H17NO2S/c18-20(19,13-14-7-3-1-4-8-14)17-16(11-12-16)15-9-5-2-6-10-15/h1-10,17H,11-13H2. The molecule has 1 aliphatic rings. The molecule has 2 aromatic carbocycles. The highest BCUT2D eigenvalue weighted by Crippen LogP contribution is 2.46. The minimum atomic E-state index is -3.33. The van der Waals surface area contributed by atoms with E-state index in [0.717, 1.165) is 24.0 Å². The second-order valence-corrected chi connectivity index (χ2v) is 7.02. The molecular weight excluding hydrogens is 270 g/mol. The lowest BCUT2D eigenvalue weighted by Crippen LogP contribution is -2.35. The van der Waals surface area contributed by atoms with Gasteiger partial charge in [0.15, 0.2) is 0 Å². The lowest BCUT2D eigenvalue weighted by Gasteiger charge is -2.18. The Bertz CT molecular complexity index is 677. The molecule has 0 aromatic heterocycles. The monoisotopic (exact) mass is 287 g/mol. The van der Waals surface area contributed by atoms with E-state index >= 15 is 0 Å². The SMILES string of the molecule is O=S(=O)(Cc1ccccc1)NC1(c2ccccc2)CC1. The van der Waals surface area contributed by atoms with E-state index in [-0.39, 0.29) is 11.3 Å². The van der Waals surface area contributed by atoms with Gasteiger partial charge in [0, 0.05) is 0 Å². The molecule has 2 aromatic rings. The molecule has 0 atom stereocenters. The van der Waals surface area contributed by atoms with Crippen LogP contribution in [0.2, 0.25) is 0 Å². The second-order valence-electron chi connectivity index (χ2n) is 5.29. The first-order chi connectivity index (χ1) is 9.60. The largest absolute Gasteiger partial charge is 0.216 e. The quantitative estimate of drug-likeness (QED) is 0.919. The summed E-state index contributed by atoms with van der Waals surface area (Å²) in [4.78, 5) is 0. The van der Waals surface area contributed by atoms with Gasteiger partial charge in [0.05, 0.1) is 11.3 Å². The Morgan fingerprint density at radius 2 is 1.45 bits per heavy atom. The minimum absolute atomic E-state index is 0.0302. The van der Waals surface area contributed by atoms with Crippen LogP contribution >= 0.6 is 0 Å². The van der Waals surface area contributed by atoms with Crippen LogP contribution in [0.3, 0.4) is 0 Å². The molecule has 3 rings (SSSR count). The molecule has 0 bridgehead atoms. The van der Waals surface area contributed by atoms with Gasteiger partial charge in [-0.3, -0.25) is 0 Å². The van der Waals surface area contributed by atoms with Gasteiger partial charge >= 0.3 is 0 Å². The Balaban J connectivity index is 1.77. The fraction of sp³-hybridized carbons (Fsp3) is 0.250. The molecule has 1 aliphatic carbocycles. The number of hydrogen-bond acceptors (Lipinski definition) is 2. The van der Waals surface area contributed by atoms with Gasteiger partial charge in [-0.05, 0) is 24.0 Å². The molecule has 0 saturated heterocycles.